The molecule has 5 rings (SSSR count). The number of anilines is 1. The minimum absolute atomic E-state index is 0.127. The van der Waals surface area contributed by atoms with Crippen molar-refractivity contribution < 1.29 is 9.13 Å². The number of fused-ring (bicyclic) bond motifs is 1. The quantitative estimate of drug-likeness (QED) is 0.453. The molecule has 0 bridgehead atoms. The number of pyridine rings is 2. The third-order valence-electron chi connectivity index (χ3n) is 6.20. The van der Waals surface area contributed by atoms with Crippen LogP contribution in [0.5, 0.6) is 5.88 Å². The first-order chi connectivity index (χ1) is 16.9. The van der Waals surface area contributed by atoms with Crippen LogP contribution in [0.3, 0.4) is 0 Å². The van der Waals surface area contributed by atoms with Crippen molar-refractivity contribution in [2.24, 2.45) is 0 Å². The zero-order valence-electron chi connectivity index (χ0n) is 20.4. The zero-order chi connectivity index (χ0) is 24.5. The Morgan fingerprint density at radius 1 is 1.09 bits per heavy atom. The average Bonchev–Trinajstić information content (AvgIpc) is 3.21. The molecular formula is C25H29FN8O. The summed E-state index contributed by atoms with van der Waals surface area (Å²) >= 11 is 0. The first-order valence-corrected chi connectivity index (χ1v) is 11.8. The molecule has 5 heterocycles. The van der Waals surface area contributed by atoms with Crippen LogP contribution in [-0.2, 0) is 6.42 Å². The van der Waals surface area contributed by atoms with Gasteiger partial charge in [-0.2, -0.15) is 0 Å². The zero-order valence-corrected chi connectivity index (χ0v) is 20.4. The third kappa shape index (κ3) is 4.53. The van der Waals surface area contributed by atoms with Crippen molar-refractivity contribution in [2.75, 3.05) is 38.2 Å². The van der Waals surface area contributed by atoms with E-state index >= 15 is 0 Å². The maximum Gasteiger partial charge on any atom is 0.242 e. The van der Waals surface area contributed by atoms with Gasteiger partial charge in [0.05, 0.1) is 42.8 Å². The molecule has 182 valence electrons. The van der Waals surface area contributed by atoms with E-state index in [9.17, 15) is 4.39 Å². The predicted molar refractivity (Wildman–Crippen MR) is 132 cm³/mol. The fourth-order valence-electron chi connectivity index (χ4n) is 4.56. The standard InChI is InChI=1S/C25H29FN8O/c1-15(2)34-16(3)30-24-21(34)12-20(31-25(24)35-4)23-19(26)14-29-22(32-23)11-17-5-6-18(13-28-17)33-9-7-27-8-10-33/h5-6,12-15,27H,7-11H2,1-4H3. The molecule has 0 amide bonds. The fourth-order valence-corrected chi connectivity index (χ4v) is 4.56. The van der Waals surface area contributed by atoms with Crippen molar-refractivity contribution in [3.8, 4) is 17.3 Å². The van der Waals surface area contributed by atoms with Crippen LogP contribution in [0.2, 0.25) is 0 Å². The number of rotatable bonds is 6. The molecule has 35 heavy (non-hydrogen) atoms. The first-order valence-electron chi connectivity index (χ1n) is 11.8. The molecule has 0 aliphatic carbocycles. The van der Waals surface area contributed by atoms with E-state index in [1.165, 1.54) is 13.3 Å². The van der Waals surface area contributed by atoms with Gasteiger partial charge in [-0.05, 0) is 39.0 Å². The minimum Gasteiger partial charge on any atom is -0.479 e. The summed E-state index contributed by atoms with van der Waals surface area (Å²) in [5, 5.41) is 3.35. The molecular weight excluding hydrogens is 447 g/mol. The number of piperazine rings is 1. The summed E-state index contributed by atoms with van der Waals surface area (Å²) in [6.45, 7) is 9.94. The lowest BCUT2D eigenvalue weighted by Crippen LogP contribution is -2.43. The predicted octanol–water partition coefficient (Wildman–Crippen LogP) is 3.32. The Bertz CT molecular complexity index is 1350. The molecule has 4 aromatic heterocycles. The first kappa shape index (κ1) is 23.1. The largest absolute Gasteiger partial charge is 0.479 e. The van der Waals surface area contributed by atoms with Crippen molar-refractivity contribution >= 4 is 16.7 Å². The molecule has 0 aromatic carbocycles. The smallest absolute Gasteiger partial charge is 0.242 e. The van der Waals surface area contributed by atoms with Crippen LogP contribution in [0.25, 0.3) is 22.4 Å². The summed E-state index contributed by atoms with van der Waals surface area (Å²) in [6.07, 6.45) is 3.45. The van der Waals surface area contributed by atoms with Gasteiger partial charge >= 0.3 is 0 Å². The SMILES string of the molecule is COc1nc(-c2nc(Cc3ccc(N4CCNCC4)cn3)ncc2F)cc2c1nc(C)n2C(C)C. The molecule has 1 aliphatic rings. The number of methoxy groups -OCH3 is 1. The number of aryl methyl sites for hydroxylation is 1. The van der Waals surface area contributed by atoms with Crippen molar-refractivity contribution in [1.29, 1.82) is 0 Å². The number of hydrogen-bond donors (Lipinski definition) is 1. The summed E-state index contributed by atoms with van der Waals surface area (Å²) in [6, 6.07) is 6.02. The molecule has 4 aromatic rings. The van der Waals surface area contributed by atoms with E-state index in [1.54, 1.807) is 0 Å². The van der Waals surface area contributed by atoms with Crippen molar-refractivity contribution in [3.05, 3.63) is 53.8 Å². The highest BCUT2D eigenvalue weighted by molar-refractivity contribution is 5.84. The number of nitrogens with zero attached hydrogens (tertiary/aromatic N) is 7. The van der Waals surface area contributed by atoms with Crippen molar-refractivity contribution in [3.63, 3.8) is 0 Å². The highest BCUT2D eigenvalue weighted by Gasteiger charge is 2.20. The van der Waals surface area contributed by atoms with E-state index in [4.69, 9.17) is 4.74 Å². The fraction of sp³-hybridized carbons (Fsp3) is 0.400. The lowest BCUT2D eigenvalue weighted by molar-refractivity contribution is 0.403. The molecule has 0 unspecified atom stereocenters. The molecule has 0 spiro atoms. The van der Waals surface area contributed by atoms with Gasteiger partial charge in [-0.3, -0.25) is 4.98 Å². The molecule has 10 heteroatoms. The van der Waals surface area contributed by atoms with Gasteiger partial charge < -0.3 is 19.5 Å². The van der Waals surface area contributed by atoms with Crippen LogP contribution in [0.15, 0.2) is 30.6 Å². The van der Waals surface area contributed by atoms with Gasteiger partial charge in [-0.25, -0.2) is 24.3 Å². The van der Waals surface area contributed by atoms with Gasteiger partial charge in [0, 0.05) is 37.9 Å². The molecule has 9 nitrogen and oxygen atoms in total. The molecule has 0 radical (unpaired) electrons. The van der Waals surface area contributed by atoms with Crippen LogP contribution in [0, 0.1) is 12.7 Å². The number of imidazole rings is 1. The lowest BCUT2D eigenvalue weighted by atomic mass is 10.2. The molecule has 1 saturated heterocycles. The second kappa shape index (κ2) is 9.53. The second-order valence-corrected chi connectivity index (χ2v) is 8.91. The lowest BCUT2D eigenvalue weighted by Gasteiger charge is -2.29. The number of halogens is 1. The highest BCUT2D eigenvalue weighted by atomic mass is 19.1. The van der Waals surface area contributed by atoms with E-state index in [0.717, 1.165) is 48.9 Å². The number of ether oxygens (including phenoxy) is 1. The van der Waals surface area contributed by atoms with Crippen LogP contribution in [0.1, 0.15) is 37.2 Å². The van der Waals surface area contributed by atoms with E-state index in [-0.39, 0.29) is 11.7 Å². The normalized spacial score (nSPS) is 14.2. The summed E-state index contributed by atoms with van der Waals surface area (Å²) in [4.78, 5) is 24.8. The Balaban J connectivity index is 1.47. The Morgan fingerprint density at radius 3 is 2.57 bits per heavy atom. The van der Waals surface area contributed by atoms with Gasteiger partial charge in [0.1, 0.15) is 17.3 Å². The second-order valence-electron chi connectivity index (χ2n) is 8.91. The Kier molecular flexibility index (Phi) is 6.29. The summed E-state index contributed by atoms with van der Waals surface area (Å²) in [5.41, 5.74) is 3.88. The summed E-state index contributed by atoms with van der Waals surface area (Å²) in [7, 11) is 1.53. The molecule has 0 atom stereocenters. The van der Waals surface area contributed by atoms with Gasteiger partial charge in [0.2, 0.25) is 5.88 Å². The highest BCUT2D eigenvalue weighted by Crippen LogP contribution is 2.31. The Morgan fingerprint density at radius 2 is 1.89 bits per heavy atom. The summed E-state index contributed by atoms with van der Waals surface area (Å²) in [5.74, 6) is 1.10. The van der Waals surface area contributed by atoms with E-state index in [2.05, 4.69) is 59.6 Å². The van der Waals surface area contributed by atoms with Crippen LogP contribution in [-0.4, -0.2) is 62.8 Å². The minimum atomic E-state index is -0.544. The van der Waals surface area contributed by atoms with E-state index in [0.29, 0.717) is 29.3 Å². The molecule has 1 fully saturated rings. The van der Waals surface area contributed by atoms with Gasteiger partial charge in [0.25, 0.3) is 0 Å². The maximum atomic E-state index is 14.9. The number of nitrogens with one attached hydrogen (secondary N) is 1. The van der Waals surface area contributed by atoms with Gasteiger partial charge in [-0.1, -0.05) is 0 Å². The van der Waals surface area contributed by atoms with Crippen LogP contribution < -0.4 is 15.0 Å². The third-order valence-corrected chi connectivity index (χ3v) is 6.20. The Hall–Kier alpha value is -3.66. The van der Waals surface area contributed by atoms with Crippen LogP contribution in [0.4, 0.5) is 10.1 Å². The molecule has 0 saturated carbocycles. The number of aromatic nitrogens is 6. The van der Waals surface area contributed by atoms with Crippen LogP contribution >= 0.6 is 0 Å². The average molecular weight is 477 g/mol. The van der Waals surface area contributed by atoms with Gasteiger partial charge in [0.15, 0.2) is 11.3 Å². The maximum absolute atomic E-state index is 14.9. The molecule has 1 N–H and O–H groups in total. The summed E-state index contributed by atoms with van der Waals surface area (Å²) < 4.78 is 22.5. The van der Waals surface area contributed by atoms with Gasteiger partial charge in [-0.15, -0.1) is 0 Å². The number of hydrogen-bond acceptors (Lipinski definition) is 8. The molecule has 1 aliphatic heterocycles. The topological polar surface area (TPSA) is 93.9 Å². The Labute approximate surface area is 203 Å². The van der Waals surface area contributed by atoms with Crippen molar-refractivity contribution in [2.45, 2.75) is 33.2 Å². The van der Waals surface area contributed by atoms with E-state index < -0.39 is 5.82 Å². The van der Waals surface area contributed by atoms with E-state index in [1.807, 2.05) is 25.3 Å². The monoisotopic (exact) mass is 476 g/mol. The van der Waals surface area contributed by atoms with Crippen molar-refractivity contribution in [1.82, 2.24) is 34.8 Å².